The molecule has 3 aromatic rings. The number of nitrogens with one attached hydrogen (secondary N) is 2. The summed E-state index contributed by atoms with van der Waals surface area (Å²) in [5.74, 6) is 1.09. The van der Waals surface area contributed by atoms with Gasteiger partial charge in [0.05, 0.1) is 19.4 Å². The van der Waals surface area contributed by atoms with Crippen LogP contribution in [0.1, 0.15) is 21.7 Å². The summed E-state index contributed by atoms with van der Waals surface area (Å²) in [4.78, 5) is 12.3. The molecule has 6 heteroatoms. The first-order valence-electron chi connectivity index (χ1n) is 8.59. The standard InChI is InChI=1S/C21H20N2O3S/c24-20(23-21(27)22-15-19-10-5-12-25-19)17-8-4-9-18(14-17)26-13-11-16-6-2-1-3-7-16/h1-10,12,14H,11,13,15H2,(H2,22,23,24,27). The minimum absolute atomic E-state index is 0.242. The SMILES string of the molecule is O=C(NC(=S)NCc1ccco1)c1cccc(OCCc2ccccc2)c1. The van der Waals surface area contributed by atoms with Crippen molar-refractivity contribution in [1.29, 1.82) is 0 Å². The van der Waals surface area contributed by atoms with E-state index in [0.29, 0.717) is 24.5 Å². The van der Waals surface area contributed by atoms with Gasteiger partial charge in [-0.25, -0.2) is 0 Å². The number of amides is 1. The number of carbonyl (C=O) groups is 1. The number of ether oxygens (including phenoxy) is 1. The maximum Gasteiger partial charge on any atom is 0.257 e. The Labute approximate surface area is 163 Å². The maximum atomic E-state index is 12.3. The van der Waals surface area contributed by atoms with E-state index in [9.17, 15) is 4.79 Å². The van der Waals surface area contributed by atoms with Crippen molar-refractivity contribution in [2.24, 2.45) is 0 Å². The van der Waals surface area contributed by atoms with Gasteiger partial charge >= 0.3 is 0 Å². The van der Waals surface area contributed by atoms with Gasteiger partial charge in [-0.1, -0.05) is 36.4 Å². The fourth-order valence-electron chi connectivity index (χ4n) is 2.46. The normalized spacial score (nSPS) is 10.2. The Morgan fingerprint density at radius 3 is 2.67 bits per heavy atom. The lowest BCUT2D eigenvalue weighted by Crippen LogP contribution is -2.38. The first kappa shape index (κ1) is 18.7. The molecule has 1 heterocycles. The number of thiocarbonyl (C=S) groups is 1. The van der Waals surface area contributed by atoms with E-state index in [1.165, 1.54) is 5.56 Å². The first-order valence-corrected chi connectivity index (χ1v) is 9.00. The number of hydrogen-bond donors (Lipinski definition) is 2. The number of rotatable bonds is 7. The zero-order valence-corrected chi connectivity index (χ0v) is 15.5. The Hall–Kier alpha value is -3.12. The molecule has 1 aromatic heterocycles. The Balaban J connectivity index is 1.48. The molecule has 2 N–H and O–H groups in total. The topological polar surface area (TPSA) is 63.5 Å². The van der Waals surface area contributed by atoms with Crippen LogP contribution in [0.15, 0.2) is 77.4 Å². The molecule has 0 bridgehead atoms. The Kier molecular flexibility index (Phi) is 6.60. The molecule has 0 fully saturated rings. The third kappa shape index (κ3) is 5.97. The molecule has 1 amide bonds. The van der Waals surface area contributed by atoms with E-state index in [-0.39, 0.29) is 11.0 Å². The van der Waals surface area contributed by atoms with E-state index in [4.69, 9.17) is 21.4 Å². The van der Waals surface area contributed by atoms with Crippen LogP contribution in [0.25, 0.3) is 0 Å². The fourth-order valence-corrected chi connectivity index (χ4v) is 2.62. The Morgan fingerprint density at radius 1 is 1.04 bits per heavy atom. The molecule has 5 nitrogen and oxygen atoms in total. The average molecular weight is 380 g/mol. The summed E-state index contributed by atoms with van der Waals surface area (Å²) >= 11 is 5.14. The van der Waals surface area contributed by atoms with Crippen LogP contribution in [0.4, 0.5) is 0 Å². The molecule has 3 rings (SSSR count). The molecule has 0 aliphatic carbocycles. The lowest BCUT2D eigenvalue weighted by Gasteiger charge is -2.10. The van der Waals surface area contributed by atoms with Gasteiger partial charge in [0.2, 0.25) is 0 Å². The zero-order chi connectivity index (χ0) is 18.9. The third-order valence-corrected chi connectivity index (χ3v) is 4.08. The van der Waals surface area contributed by atoms with Gasteiger partial charge in [0.15, 0.2) is 5.11 Å². The summed E-state index contributed by atoms with van der Waals surface area (Å²) in [5.41, 5.74) is 1.69. The van der Waals surface area contributed by atoms with E-state index in [2.05, 4.69) is 22.8 Å². The molecule has 0 saturated carbocycles. The van der Waals surface area contributed by atoms with Crippen molar-refractivity contribution in [2.45, 2.75) is 13.0 Å². The monoisotopic (exact) mass is 380 g/mol. The molecule has 0 radical (unpaired) electrons. The largest absolute Gasteiger partial charge is 0.493 e. The van der Waals surface area contributed by atoms with E-state index >= 15 is 0 Å². The van der Waals surface area contributed by atoms with Gasteiger partial charge in [-0.05, 0) is 48.1 Å². The number of furan rings is 1. The highest BCUT2D eigenvalue weighted by Crippen LogP contribution is 2.14. The minimum atomic E-state index is -0.291. The molecule has 0 aliphatic heterocycles. The van der Waals surface area contributed by atoms with E-state index in [1.807, 2.05) is 30.3 Å². The quantitative estimate of drug-likeness (QED) is 0.612. The van der Waals surface area contributed by atoms with Crippen molar-refractivity contribution in [2.75, 3.05) is 6.61 Å². The molecule has 0 spiro atoms. The van der Waals surface area contributed by atoms with Crippen LogP contribution in [0, 0.1) is 0 Å². The summed E-state index contributed by atoms with van der Waals surface area (Å²) in [6.45, 7) is 0.951. The van der Waals surface area contributed by atoms with Gasteiger partial charge in [-0.15, -0.1) is 0 Å². The van der Waals surface area contributed by atoms with Crippen LogP contribution in [0.3, 0.4) is 0 Å². The third-order valence-electron chi connectivity index (χ3n) is 3.83. The maximum absolute atomic E-state index is 12.3. The van der Waals surface area contributed by atoms with Crippen LogP contribution in [-0.2, 0) is 13.0 Å². The molecule has 0 aliphatic rings. The second-order valence-corrected chi connectivity index (χ2v) is 6.24. The van der Waals surface area contributed by atoms with Gasteiger partial charge < -0.3 is 14.5 Å². The van der Waals surface area contributed by atoms with Crippen molar-refractivity contribution in [3.63, 3.8) is 0 Å². The van der Waals surface area contributed by atoms with Gasteiger partial charge in [-0.2, -0.15) is 0 Å². The van der Waals surface area contributed by atoms with E-state index < -0.39 is 0 Å². The minimum Gasteiger partial charge on any atom is -0.493 e. The van der Waals surface area contributed by atoms with E-state index in [0.717, 1.165) is 12.2 Å². The van der Waals surface area contributed by atoms with Gasteiger partial charge in [-0.3, -0.25) is 10.1 Å². The van der Waals surface area contributed by atoms with Gasteiger partial charge in [0.1, 0.15) is 11.5 Å². The van der Waals surface area contributed by atoms with Crippen LogP contribution < -0.4 is 15.4 Å². The van der Waals surface area contributed by atoms with Crippen LogP contribution >= 0.6 is 12.2 Å². The lowest BCUT2D eigenvalue weighted by atomic mass is 10.2. The Morgan fingerprint density at radius 2 is 1.89 bits per heavy atom. The molecule has 0 saturated heterocycles. The Bertz CT molecular complexity index is 879. The van der Waals surface area contributed by atoms with Crippen LogP contribution in [0.2, 0.25) is 0 Å². The number of benzene rings is 2. The highest BCUT2D eigenvalue weighted by atomic mass is 32.1. The van der Waals surface area contributed by atoms with Crippen molar-refractivity contribution in [3.8, 4) is 5.75 Å². The van der Waals surface area contributed by atoms with E-state index in [1.54, 1.807) is 30.5 Å². The summed E-state index contributed by atoms with van der Waals surface area (Å²) in [7, 11) is 0. The van der Waals surface area contributed by atoms with Crippen LogP contribution in [-0.4, -0.2) is 17.6 Å². The predicted molar refractivity (Wildman–Crippen MR) is 108 cm³/mol. The fraction of sp³-hybridized carbons (Fsp3) is 0.143. The molecule has 27 heavy (non-hydrogen) atoms. The highest BCUT2D eigenvalue weighted by molar-refractivity contribution is 7.80. The predicted octanol–water partition coefficient (Wildman–Crippen LogP) is 3.71. The summed E-state index contributed by atoms with van der Waals surface area (Å²) < 4.78 is 11.0. The van der Waals surface area contributed by atoms with Gasteiger partial charge in [0, 0.05) is 12.0 Å². The number of carbonyl (C=O) groups excluding carboxylic acids is 1. The molecule has 138 valence electrons. The van der Waals surface area contributed by atoms with Crippen molar-refractivity contribution in [3.05, 3.63) is 89.9 Å². The van der Waals surface area contributed by atoms with Crippen LogP contribution in [0.5, 0.6) is 5.75 Å². The lowest BCUT2D eigenvalue weighted by molar-refractivity contribution is 0.0976. The second kappa shape index (κ2) is 9.54. The van der Waals surface area contributed by atoms with Crippen molar-refractivity contribution in [1.82, 2.24) is 10.6 Å². The number of hydrogen-bond acceptors (Lipinski definition) is 4. The highest BCUT2D eigenvalue weighted by Gasteiger charge is 2.09. The molecular weight excluding hydrogens is 360 g/mol. The van der Waals surface area contributed by atoms with Gasteiger partial charge in [0.25, 0.3) is 5.91 Å². The molecule has 0 unspecified atom stereocenters. The first-order chi connectivity index (χ1) is 13.2. The smallest absolute Gasteiger partial charge is 0.257 e. The average Bonchev–Trinajstić information content (AvgIpc) is 3.21. The molecule has 0 atom stereocenters. The summed E-state index contributed by atoms with van der Waals surface area (Å²) in [5, 5.41) is 5.82. The summed E-state index contributed by atoms with van der Waals surface area (Å²) in [6.07, 6.45) is 2.39. The molecule has 2 aromatic carbocycles. The van der Waals surface area contributed by atoms with Crippen molar-refractivity contribution >= 4 is 23.2 Å². The van der Waals surface area contributed by atoms with Crippen molar-refractivity contribution < 1.29 is 13.9 Å². The summed E-state index contributed by atoms with van der Waals surface area (Å²) in [6, 6.07) is 20.8. The molecular formula is C21H20N2O3S. The second-order valence-electron chi connectivity index (χ2n) is 5.83. The zero-order valence-electron chi connectivity index (χ0n) is 14.7.